The van der Waals surface area contributed by atoms with Crippen LogP contribution < -0.4 is 9.62 Å². The van der Waals surface area contributed by atoms with Gasteiger partial charge in [0, 0.05) is 19.0 Å². The molecule has 0 spiro atoms. The molecule has 29 heavy (non-hydrogen) atoms. The maximum atomic E-state index is 14.8. The predicted molar refractivity (Wildman–Crippen MR) is 112 cm³/mol. The zero-order valence-electron chi connectivity index (χ0n) is 16.4. The van der Waals surface area contributed by atoms with E-state index in [1.807, 2.05) is 31.2 Å². The molecule has 0 bridgehead atoms. The largest absolute Gasteiger partial charge is 0.309 e. The summed E-state index contributed by atoms with van der Waals surface area (Å²) >= 11 is 0. The monoisotopic (exact) mass is 416 g/mol. The van der Waals surface area contributed by atoms with Crippen LogP contribution in [0.1, 0.15) is 55.2 Å². The van der Waals surface area contributed by atoms with Crippen LogP contribution in [0.5, 0.6) is 0 Å². The Labute approximate surface area is 171 Å². The van der Waals surface area contributed by atoms with Gasteiger partial charge < -0.3 is 4.90 Å². The lowest BCUT2D eigenvalue weighted by molar-refractivity contribution is -0.118. The molecule has 1 fully saturated rings. The van der Waals surface area contributed by atoms with Crippen molar-refractivity contribution in [2.45, 2.75) is 50.7 Å². The fraction of sp³-hybridized carbons (Fsp3) is 0.409. The van der Waals surface area contributed by atoms with Gasteiger partial charge in [-0.2, -0.15) is 0 Å². The normalized spacial score (nSPS) is 16.6. The second-order valence-corrected chi connectivity index (χ2v) is 9.61. The number of hydrogen-bond acceptors (Lipinski definition) is 3. The number of sulfonamides is 1. The summed E-state index contributed by atoms with van der Waals surface area (Å²) in [4.78, 5) is 13.6. The third-order valence-corrected chi connectivity index (χ3v) is 6.69. The Bertz CT molecular complexity index is 1030. The molecule has 4 rings (SSSR count). The van der Waals surface area contributed by atoms with Gasteiger partial charge in [-0.3, -0.25) is 9.52 Å². The number of rotatable bonds is 7. The van der Waals surface area contributed by atoms with Crippen LogP contribution >= 0.6 is 0 Å². The van der Waals surface area contributed by atoms with Crippen LogP contribution in [-0.2, 0) is 27.0 Å². The predicted octanol–water partition coefficient (Wildman–Crippen LogP) is 4.33. The number of amides is 1. The van der Waals surface area contributed by atoms with E-state index in [0.717, 1.165) is 12.5 Å². The first kappa shape index (κ1) is 19.9. The molecular formula is C22H25FN2O3S. The molecule has 1 aliphatic carbocycles. The van der Waals surface area contributed by atoms with Crippen LogP contribution in [0.2, 0.25) is 0 Å². The highest BCUT2D eigenvalue weighted by Crippen LogP contribution is 2.40. The summed E-state index contributed by atoms with van der Waals surface area (Å²) in [6.07, 6.45) is 3.83. The first-order valence-electron chi connectivity index (χ1n) is 10.1. The summed E-state index contributed by atoms with van der Waals surface area (Å²) in [7, 11) is -3.68. The topological polar surface area (TPSA) is 66.5 Å². The lowest BCUT2D eigenvalue weighted by atomic mass is 10.00. The van der Waals surface area contributed by atoms with E-state index < -0.39 is 15.8 Å². The number of anilines is 2. The molecule has 7 heteroatoms. The van der Waals surface area contributed by atoms with E-state index in [2.05, 4.69) is 4.72 Å². The maximum Gasteiger partial charge on any atom is 0.236 e. The number of hydrogen-bond donors (Lipinski definition) is 1. The van der Waals surface area contributed by atoms with Gasteiger partial charge >= 0.3 is 0 Å². The second kappa shape index (κ2) is 7.78. The van der Waals surface area contributed by atoms with Crippen LogP contribution in [0.15, 0.2) is 36.4 Å². The maximum absolute atomic E-state index is 14.8. The fourth-order valence-corrected chi connectivity index (χ4v) is 5.09. The molecule has 0 radical (unpaired) electrons. The summed E-state index contributed by atoms with van der Waals surface area (Å²) in [6, 6.07) is 10.5. The van der Waals surface area contributed by atoms with Gasteiger partial charge in [0.1, 0.15) is 5.82 Å². The average Bonchev–Trinajstić information content (AvgIpc) is 3.49. The van der Waals surface area contributed by atoms with Gasteiger partial charge in [-0.05, 0) is 54.4 Å². The van der Waals surface area contributed by atoms with Gasteiger partial charge in [0.25, 0.3) is 0 Å². The molecule has 1 aliphatic heterocycles. The van der Waals surface area contributed by atoms with Crippen molar-refractivity contribution in [3.8, 4) is 0 Å². The van der Waals surface area contributed by atoms with Crippen molar-refractivity contribution in [1.82, 2.24) is 0 Å². The van der Waals surface area contributed by atoms with Gasteiger partial charge in [-0.15, -0.1) is 0 Å². The van der Waals surface area contributed by atoms with Crippen molar-refractivity contribution in [3.63, 3.8) is 0 Å². The third-order valence-electron chi connectivity index (χ3n) is 5.43. The number of aryl methyl sites for hydroxylation is 1. The quantitative estimate of drug-likeness (QED) is 0.730. The number of halogens is 1. The van der Waals surface area contributed by atoms with Crippen molar-refractivity contribution in [1.29, 1.82) is 0 Å². The number of nitrogens with zero attached hydrogens (tertiary/aromatic N) is 1. The summed E-state index contributed by atoms with van der Waals surface area (Å²) in [6.45, 7) is 2.38. The molecule has 1 heterocycles. The molecule has 1 saturated carbocycles. The molecule has 2 aliphatic rings. The molecule has 0 saturated heterocycles. The van der Waals surface area contributed by atoms with Gasteiger partial charge in [-0.25, -0.2) is 12.8 Å². The second-order valence-electron chi connectivity index (χ2n) is 7.89. The Morgan fingerprint density at radius 2 is 1.86 bits per heavy atom. The van der Waals surface area contributed by atoms with Gasteiger partial charge in [0.2, 0.25) is 15.9 Å². The Morgan fingerprint density at radius 3 is 2.52 bits per heavy atom. The number of nitrogens with one attached hydrogen (secondary N) is 1. The Balaban J connectivity index is 1.52. The smallest absolute Gasteiger partial charge is 0.236 e. The third kappa shape index (κ3) is 4.45. The number of carbonyl (C=O) groups is 1. The molecule has 2 aromatic rings. The molecule has 0 unspecified atom stereocenters. The van der Waals surface area contributed by atoms with E-state index in [1.54, 1.807) is 6.07 Å². The van der Waals surface area contributed by atoms with Crippen LogP contribution in [0.3, 0.4) is 0 Å². The summed E-state index contributed by atoms with van der Waals surface area (Å²) in [5, 5.41) is 0. The first-order chi connectivity index (χ1) is 13.9. The molecule has 0 atom stereocenters. The van der Waals surface area contributed by atoms with Crippen molar-refractivity contribution in [2.75, 3.05) is 16.2 Å². The summed E-state index contributed by atoms with van der Waals surface area (Å²) in [5.41, 5.74) is 3.08. The van der Waals surface area contributed by atoms with Crippen molar-refractivity contribution < 1.29 is 17.6 Å². The highest BCUT2D eigenvalue weighted by Gasteiger charge is 2.28. The lowest BCUT2D eigenvalue weighted by Crippen LogP contribution is -2.36. The van der Waals surface area contributed by atoms with E-state index >= 15 is 0 Å². The van der Waals surface area contributed by atoms with Gasteiger partial charge in [0.15, 0.2) is 0 Å². The van der Waals surface area contributed by atoms with Crippen molar-refractivity contribution >= 4 is 27.3 Å². The first-order valence-corrected chi connectivity index (χ1v) is 11.7. The average molecular weight is 417 g/mol. The Hall–Kier alpha value is -2.41. The van der Waals surface area contributed by atoms with Crippen LogP contribution in [0, 0.1) is 5.82 Å². The van der Waals surface area contributed by atoms with Crippen molar-refractivity contribution in [2.24, 2.45) is 0 Å². The molecular weight excluding hydrogens is 391 g/mol. The number of fused-ring (bicyclic) bond motifs is 1. The molecule has 0 aromatic heterocycles. The SMILES string of the molecule is CCCN1C(=O)CCc2cc(NS(=O)(=O)Cc3ccc(C4CC4)cc3)cc(F)c21. The van der Waals surface area contributed by atoms with Crippen molar-refractivity contribution in [3.05, 3.63) is 58.9 Å². The number of carbonyl (C=O) groups excluding carboxylic acids is 1. The minimum absolute atomic E-state index is 0.0961. The minimum Gasteiger partial charge on any atom is -0.309 e. The van der Waals surface area contributed by atoms with E-state index in [1.165, 1.54) is 23.3 Å². The number of benzene rings is 2. The highest BCUT2D eigenvalue weighted by molar-refractivity contribution is 7.91. The van der Waals surface area contributed by atoms with E-state index in [-0.39, 0.29) is 23.0 Å². The molecule has 1 N–H and O–H groups in total. The van der Waals surface area contributed by atoms with Crippen LogP contribution in [-0.4, -0.2) is 20.9 Å². The fourth-order valence-electron chi connectivity index (χ4n) is 3.91. The van der Waals surface area contributed by atoms with Gasteiger partial charge in [-0.1, -0.05) is 31.2 Å². The zero-order valence-corrected chi connectivity index (χ0v) is 17.3. The minimum atomic E-state index is -3.68. The molecule has 1 amide bonds. The van der Waals surface area contributed by atoms with Crippen LogP contribution in [0.4, 0.5) is 15.8 Å². The molecule has 154 valence electrons. The van der Waals surface area contributed by atoms with Gasteiger partial charge in [0.05, 0.1) is 17.1 Å². The Morgan fingerprint density at radius 1 is 1.14 bits per heavy atom. The Kier molecular flexibility index (Phi) is 5.34. The van der Waals surface area contributed by atoms with E-state index in [0.29, 0.717) is 36.4 Å². The van der Waals surface area contributed by atoms with E-state index in [4.69, 9.17) is 0 Å². The summed E-state index contributed by atoms with van der Waals surface area (Å²) < 4.78 is 42.5. The molecule has 2 aromatic carbocycles. The van der Waals surface area contributed by atoms with Crippen LogP contribution in [0.25, 0.3) is 0 Å². The zero-order chi connectivity index (χ0) is 20.6. The molecule has 5 nitrogen and oxygen atoms in total. The lowest BCUT2D eigenvalue weighted by Gasteiger charge is -2.30. The van der Waals surface area contributed by atoms with E-state index in [9.17, 15) is 17.6 Å². The summed E-state index contributed by atoms with van der Waals surface area (Å²) in [5.74, 6) is -0.218. The highest BCUT2D eigenvalue weighted by atomic mass is 32.2. The standard InChI is InChI=1S/C22H25FN2O3S/c1-2-11-25-21(26)10-9-18-12-19(13-20(23)22(18)25)24-29(27,28)14-15-3-5-16(6-4-15)17-7-8-17/h3-6,12-13,17,24H,2,7-11,14H2,1H3.